The Morgan fingerprint density at radius 1 is 1.38 bits per heavy atom. The standard InChI is InChI=1S/C17H25NO3/c1-12(2)11-20-13-3-4-16-14(9-13)15(19)10-17(21-16)5-7-18-8-6-17/h3-4,9,12,15,18-19H,5-8,10-11H2,1-2H3. The third-order valence-corrected chi connectivity index (χ3v) is 4.33. The van der Waals surface area contributed by atoms with Crippen LogP contribution in [0.2, 0.25) is 0 Å². The molecule has 2 heterocycles. The number of piperidine rings is 1. The summed E-state index contributed by atoms with van der Waals surface area (Å²) in [5.41, 5.74) is 0.665. The van der Waals surface area contributed by atoms with Gasteiger partial charge < -0.3 is 19.9 Å². The predicted molar refractivity (Wildman–Crippen MR) is 81.8 cm³/mol. The lowest BCUT2D eigenvalue weighted by atomic mass is 9.82. The van der Waals surface area contributed by atoms with Crippen molar-refractivity contribution in [1.29, 1.82) is 0 Å². The molecule has 1 aromatic rings. The van der Waals surface area contributed by atoms with Crippen LogP contribution in [-0.2, 0) is 0 Å². The number of aliphatic hydroxyl groups is 1. The molecule has 1 unspecified atom stereocenters. The van der Waals surface area contributed by atoms with Crippen molar-refractivity contribution in [2.75, 3.05) is 19.7 Å². The molecule has 2 N–H and O–H groups in total. The molecule has 0 saturated carbocycles. The maximum Gasteiger partial charge on any atom is 0.126 e. The van der Waals surface area contributed by atoms with E-state index in [4.69, 9.17) is 9.47 Å². The Labute approximate surface area is 126 Å². The van der Waals surface area contributed by atoms with Gasteiger partial charge in [-0.15, -0.1) is 0 Å². The third-order valence-electron chi connectivity index (χ3n) is 4.33. The molecule has 0 bridgehead atoms. The molecule has 0 radical (unpaired) electrons. The molecule has 1 aromatic carbocycles. The van der Waals surface area contributed by atoms with Gasteiger partial charge in [-0.1, -0.05) is 13.8 Å². The topological polar surface area (TPSA) is 50.7 Å². The number of fused-ring (bicyclic) bond motifs is 1. The van der Waals surface area contributed by atoms with Gasteiger partial charge in [-0.3, -0.25) is 0 Å². The average molecular weight is 291 g/mol. The number of rotatable bonds is 3. The van der Waals surface area contributed by atoms with Gasteiger partial charge in [0.25, 0.3) is 0 Å². The number of hydrogen-bond acceptors (Lipinski definition) is 4. The molecule has 1 atom stereocenters. The van der Waals surface area contributed by atoms with Crippen molar-refractivity contribution in [1.82, 2.24) is 5.32 Å². The molecule has 1 saturated heterocycles. The van der Waals surface area contributed by atoms with Crippen LogP contribution in [0.4, 0.5) is 0 Å². The van der Waals surface area contributed by atoms with Crippen LogP contribution < -0.4 is 14.8 Å². The van der Waals surface area contributed by atoms with Crippen molar-refractivity contribution >= 4 is 0 Å². The van der Waals surface area contributed by atoms with E-state index in [0.717, 1.165) is 43.0 Å². The lowest BCUT2D eigenvalue weighted by Crippen LogP contribution is -2.49. The van der Waals surface area contributed by atoms with Gasteiger partial charge in [0, 0.05) is 12.0 Å². The fourth-order valence-electron chi connectivity index (χ4n) is 3.16. The highest BCUT2D eigenvalue weighted by Gasteiger charge is 2.41. The van der Waals surface area contributed by atoms with Crippen molar-refractivity contribution in [2.24, 2.45) is 5.92 Å². The summed E-state index contributed by atoms with van der Waals surface area (Å²) in [6, 6.07) is 5.81. The molecule has 3 rings (SSSR count). The van der Waals surface area contributed by atoms with E-state index in [0.29, 0.717) is 18.9 Å². The second-order valence-electron chi connectivity index (χ2n) is 6.66. The zero-order valence-electron chi connectivity index (χ0n) is 12.9. The van der Waals surface area contributed by atoms with Gasteiger partial charge in [0.15, 0.2) is 0 Å². The molecule has 2 aliphatic heterocycles. The number of hydrogen-bond donors (Lipinski definition) is 2. The van der Waals surface area contributed by atoms with E-state index in [9.17, 15) is 5.11 Å². The Balaban J connectivity index is 1.79. The Morgan fingerprint density at radius 3 is 2.86 bits per heavy atom. The van der Waals surface area contributed by atoms with Crippen molar-refractivity contribution in [3.8, 4) is 11.5 Å². The highest BCUT2D eigenvalue weighted by atomic mass is 16.5. The van der Waals surface area contributed by atoms with Crippen molar-refractivity contribution in [3.63, 3.8) is 0 Å². The molecule has 4 heteroatoms. The molecule has 0 amide bonds. The summed E-state index contributed by atoms with van der Waals surface area (Å²) in [5, 5.41) is 13.9. The van der Waals surface area contributed by atoms with Crippen LogP contribution >= 0.6 is 0 Å². The Morgan fingerprint density at radius 2 is 2.14 bits per heavy atom. The van der Waals surface area contributed by atoms with Crippen LogP contribution in [0.5, 0.6) is 11.5 Å². The van der Waals surface area contributed by atoms with Gasteiger partial charge in [0.05, 0.1) is 12.7 Å². The molecular formula is C17H25NO3. The van der Waals surface area contributed by atoms with Gasteiger partial charge in [-0.05, 0) is 50.0 Å². The van der Waals surface area contributed by atoms with E-state index in [-0.39, 0.29) is 5.60 Å². The minimum Gasteiger partial charge on any atom is -0.493 e. The quantitative estimate of drug-likeness (QED) is 0.899. The highest BCUT2D eigenvalue weighted by Crippen LogP contribution is 2.44. The van der Waals surface area contributed by atoms with E-state index < -0.39 is 6.10 Å². The first kappa shape index (κ1) is 14.7. The molecule has 21 heavy (non-hydrogen) atoms. The van der Waals surface area contributed by atoms with Gasteiger partial charge in [-0.25, -0.2) is 0 Å². The smallest absolute Gasteiger partial charge is 0.126 e. The average Bonchev–Trinajstić information content (AvgIpc) is 2.46. The number of benzene rings is 1. The summed E-state index contributed by atoms with van der Waals surface area (Å²) in [5.74, 6) is 2.11. The lowest BCUT2D eigenvalue weighted by Gasteiger charge is -2.43. The van der Waals surface area contributed by atoms with Crippen LogP contribution in [-0.4, -0.2) is 30.4 Å². The normalized spacial score (nSPS) is 23.7. The summed E-state index contributed by atoms with van der Waals surface area (Å²) in [6.07, 6.45) is 2.12. The first-order valence-corrected chi connectivity index (χ1v) is 7.92. The maximum absolute atomic E-state index is 10.5. The van der Waals surface area contributed by atoms with Gasteiger partial charge in [-0.2, -0.15) is 0 Å². The lowest BCUT2D eigenvalue weighted by molar-refractivity contribution is -0.0338. The van der Waals surface area contributed by atoms with Gasteiger partial charge >= 0.3 is 0 Å². The molecule has 0 aliphatic carbocycles. The van der Waals surface area contributed by atoms with E-state index in [1.54, 1.807) is 0 Å². The number of nitrogens with one attached hydrogen (secondary N) is 1. The molecule has 1 fully saturated rings. The summed E-state index contributed by atoms with van der Waals surface area (Å²) in [4.78, 5) is 0. The van der Waals surface area contributed by atoms with E-state index in [1.165, 1.54) is 0 Å². The van der Waals surface area contributed by atoms with E-state index in [1.807, 2.05) is 18.2 Å². The zero-order valence-corrected chi connectivity index (χ0v) is 12.9. The second-order valence-corrected chi connectivity index (χ2v) is 6.66. The summed E-state index contributed by atoms with van der Waals surface area (Å²) in [7, 11) is 0. The largest absolute Gasteiger partial charge is 0.493 e. The summed E-state index contributed by atoms with van der Waals surface area (Å²) in [6.45, 7) is 6.84. The van der Waals surface area contributed by atoms with Crippen LogP contribution in [0, 0.1) is 5.92 Å². The maximum atomic E-state index is 10.5. The third kappa shape index (κ3) is 3.16. The minimum absolute atomic E-state index is 0.196. The molecular weight excluding hydrogens is 266 g/mol. The van der Waals surface area contributed by atoms with Crippen LogP contribution in [0.1, 0.15) is 44.8 Å². The Hall–Kier alpha value is -1.26. The zero-order chi connectivity index (χ0) is 14.9. The number of aliphatic hydroxyl groups excluding tert-OH is 1. The fraction of sp³-hybridized carbons (Fsp3) is 0.647. The number of ether oxygens (including phenoxy) is 2. The van der Waals surface area contributed by atoms with Gasteiger partial charge in [0.1, 0.15) is 17.1 Å². The Kier molecular flexibility index (Phi) is 4.09. The SMILES string of the molecule is CC(C)COc1ccc2c(c1)C(O)CC1(CCNCC1)O2. The molecule has 116 valence electrons. The molecule has 1 spiro atoms. The molecule has 2 aliphatic rings. The van der Waals surface area contributed by atoms with Crippen molar-refractivity contribution in [2.45, 2.75) is 44.8 Å². The van der Waals surface area contributed by atoms with Crippen molar-refractivity contribution < 1.29 is 14.6 Å². The monoisotopic (exact) mass is 291 g/mol. The fourth-order valence-corrected chi connectivity index (χ4v) is 3.16. The van der Waals surface area contributed by atoms with Crippen LogP contribution in [0.25, 0.3) is 0 Å². The van der Waals surface area contributed by atoms with Crippen molar-refractivity contribution in [3.05, 3.63) is 23.8 Å². The highest BCUT2D eigenvalue weighted by molar-refractivity contribution is 5.43. The summed E-state index contributed by atoms with van der Waals surface area (Å²) >= 11 is 0. The first-order valence-electron chi connectivity index (χ1n) is 7.92. The van der Waals surface area contributed by atoms with Gasteiger partial charge in [0.2, 0.25) is 0 Å². The minimum atomic E-state index is -0.463. The predicted octanol–water partition coefficient (Wildman–Crippen LogP) is 2.66. The Bertz CT molecular complexity index is 495. The van der Waals surface area contributed by atoms with Crippen LogP contribution in [0.3, 0.4) is 0 Å². The van der Waals surface area contributed by atoms with E-state index >= 15 is 0 Å². The second kappa shape index (κ2) is 5.85. The summed E-state index contributed by atoms with van der Waals surface area (Å²) < 4.78 is 12.0. The first-order chi connectivity index (χ1) is 10.1. The van der Waals surface area contributed by atoms with E-state index in [2.05, 4.69) is 19.2 Å². The molecule has 0 aromatic heterocycles. The molecule has 4 nitrogen and oxygen atoms in total. The van der Waals surface area contributed by atoms with Crippen LogP contribution in [0.15, 0.2) is 18.2 Å².